The maximum Gasteiger partial charge on any atom is 0.328 e. The Balaban J connectivity index is 0.00000264. The lowest BCUT2D eigenvalue weighted by molar-refractivity contribution is -0.121. The first-order valence-corrected chi connectivity index (χ1v) is 8.04. The summed E-state index contributed by atoms with van der Waals surface area (Å²) in [4.78, 5) is 39.1. The number of amides is 1. The lowest BCUT2D eigenvalue weighted by Crippen LogP contribution is -2.44. The lowest BCUT2D eigenvalue weighted by atomic mass is 10.3. The van der Waals surface area contributed by atoms with Gasteiger partial charge < -0.3 is 15.5 Å². The molecule has 0 aromatic carbocycles. The Morgan fingerprint density at radius 2 is 2.00 bits per heavy atom. The Morgan fingerprint density at radius 3 is 2.70 bits per heavy atom. The smallest absolute Gasteiger partial charge is 0.328 e. The SMILES string of the molecule is Cl.O=C(Cn1cc(Br)c(=O)[nH]c1=O)NCCCN1CCNCC1. The van der Waals surface area contributed by atoms with Gasteiger partial charge in [0, 0.05) is 38.9 Å². The molecular formula is C13H21BrClN5O3. The number of piperazine rings is 1. The van der Waals surface area contributed by atoms with Crippen molar-refractivity contribution in [2.24, 2.45) is 0 Å². The Bertz CT molecular complexity index is 627. The van der Waals surface area contributed by atoms with Crippen molar-refractivity contribution in [2.45, 2.75) is 13.0 Å². The Morgan fingerprint density at radius 1 is 1.30 bits per heavy atom. The average molecular weight is 411 g/mol. The number of rotatable bonds is 6. The van der Waals surface area contributed by atoms with Gasteiger partial charge in [-0.3, -0.25) is 19.1 Å². The Hall–Kier alpha value is -1.16. The topological polar surface area (TPSA) is 99.2 Å². The van der Waals surface area contributed by atoms with Crippen molar-refractivity contribution in [1.29, 1.82) is 0 Å². The summed E-state index contributed by atoms with van der Waals surface area (Å²) in [6.45, 7) is 5.51. The van der Waals surface area contributed by atoms with Crippen molar-refractivity contribution in [3.63, 3.8) is 0 Å². The number of nitrogens with zero attached hydrogens (tertiary/aromatic N) is 2. The van der Waals surface area contributed by atoms with E-state index in [1.807, 2.05) is 0 Å². The minimum atomic E-state index is -0.593. The molecule has 2 heterocycles. The number of halogens is 2. The number of hydrogen-bond donors (Lipinski definition) is 3. The zero-order valence-electron chi connectivity index (χ0n) is 12.6. The molecule has 2 rings (SSSR count). The maximum atomic E-state index is 11.8. The molecule has 10 heteroatoms. The number of carbonyl (C=O) groups is 1. The first kappa shape index (κ1) is 19.9. The molecule has 1 amide bonds. The van der Waals surface area contributed by atoms with Crippen LogP contribution in [0.5, 0.6) is 0 Å². The molecule has 23 heavy (non-hydrogen) atoms. The van der Waals surface area contributed by atoms with E-state index in [0.29, 0.717) is 6.54 Å². The number of H-pyrrole nitrogens is 1. The number of nitrogens with one attached hydrogen (secondary N) is 3. The van der Waals surface area contributed by atoms with E-state index in [1.54, 1.807) is 0 Å². The highest BCUT2D eigenvalue weighted by atomic mass is 79.9. The first-order chi connectivity index (χ1) is 10.6. The van der Waals surface area contributed by atoms with E-state index in [0.717, 1.165) is 43.7 Å². The Kier molecular flexibility index (Phi) is 8.53. The predicted molar refractivity (Wildman–Crippen MR) is 93.2 cm³/mol. The summed E-state index contributed by atoms with van der Waals surface area (Å²) >= 11 is 3.03. The van der Waals surface area contributed by atoms with Gasteiger partial charge in [-0.15, -0.1) is 12.4 Å². The zero-order valence-corrected chi connectivity index (χ0v) is 15.0. The van der Waals surface area contributed by atoms with Crippen LogP contribution in [0.1, 0.15) is 6.42 Å². The summed E-state index contributed by atoms with van der Waals surface area (Å²) in [5.74, 6) is -0.249. The fourth-order valence-electron chi connectivity index (χ4n) is 2.28. The van der Waals surface area contributed by atoms with Crippen LogP contribution in [0.3, 0.4) is 0 Å². The summed E-state index contributed by atoms with van der Waals surface area (Å²) in [7, 11) is 0. The molecule has 0 unspecified atom stereocenters. The molecule has 1 fully saturated rings. The molecule has 8 nitrogen and oxygen atoms in total. The van der Waals surface area contributed by atoms with Crippen LogP contribution in [-0.2, 0) is 11.3 Å². The average Bonchev–Trinajstić information content (AvgIpc) is 2.50. The molecule has 0 aliphatic carbocycles. The predicted octanol–water partition coefficient (Wildman–Crippen LogP) is -0.868. The van der Waals surface area contributed by atoms with Gasteiger partial charge in [0.1, 0.15) is 6.54 Å². The van der Waals surface area contributed by atoms with E-state index in [2.05, 4.69) is 36.4 Å². The van der Waals surface area contributed by atoms with Gasteiger partial charge in [-0.05, 0) is 28.9 Å². The van der Waals surface area contributed by atoms with Crippen LogP contribution in [0.25, 0.3) is 0 Å². The van der Waals surface area contributed by atoms with Crippen LogP contribution in [0.4, 0.5) is 0 Å². The molecule has 1 aromatic rings. The molecule has 1 aliphatic rings. The summed E-state index contributed by atoms with van der Waals surface area (Å²) in [5.41, 5.74) is -1.10. The molecule has 0 bridgehead atoms. The monoisotopic (exact) mass is 409 g/mol. The second-order valence-corrected chi connectivity index (χ2v) is 6.01. The largest absolute Gasteiger partial charge is 0.354 e. The fourth-order valence-corrected chi connectivity index (χ4v) is 2.62. The molecule has 3 N–H and O–H groups in total. The lowest BCUT2D eigenvalue weighted by Gasteiger charge is -2.27. The van der Waals surface area contributed by atoms with Crippen molar-refractivity contribution in [3.8, 4) is 0 Å². The molecular weight excluding hydrogens is 390 g/mol. The van der Waals surface area contributed by atoms with Crippen molar-refractivity contribution >= 4 is 34.2 Å². The maximum absolute atomic E-state index is 11.8. The number of carbonyl (C=O) groups excluding carboxylic acids is 1. The molecule has 130 valence electrons. The third kappa shape index (κ3) is 6.46. The van der Waals surface area contributed by atoms with Gasteiger partial charge in [0.05, 0.1) is 4.47 Å². The molecule has 0 radical (unpaired) electrons. The summed E-state index contributed by atoms with van der Waals surface area (Å²) < 4.78 is 1.38. The first-order valence-electron chi connectivity index (χ1n) is 7.25. The standard InChI is InChI=1S/C13H20BrN5O3.ClH/c14-10-8-19(13(22)17-12(10)21)9-11(20)16-2-1-5-18-6-3-15-4-7-18;/h8,15H,1-7,9H2,(H,16,20)(H,17,21,22);1H. The van der Waals surface area contributed by atoms with E-state index >= 15 is 0 Å². The van der Waals surface area contributed by atoms with Crippen LogP contribution >= 0.6 is 28.3 Å². The van der Waals surface area contributed by atoms with Crippen LogP contribution < -0.4 is 21.9 Å². The zero-order chi connectivity index (χ0) is 15.9. The van der Waals surface area contributed by atoms with Gasteiger partial charge in [-0.1, -0.05) is 0 Å². The van der Waals surface area contributed by atoms with Gasteiger partial charge in [0.15, 0.2) is 0 Å². The van der Waals surface area contributed by atoms with Gasteiger partial charge in [0.25, 0.3) is 5.56 Å². The third-order valence-corrected chi connectivity index (χ3v) is 4.03. The summed E-state index contributed by atoms with van der Waals surface area (Å²) in [5, 5.41) is 6.08. The second kappa shape index (κ2) is 9.86. The van der Waals surface area contributed by atoms with Crippen molar-refractivity contribution < 1.29 is 4.79 Å². The van der Waals surface area contributed by atoms with Crippen LogP contribution in [0.2, 0.25) is 0 Å². The highest BCUT2D eigenvalue weighted by Gasteiger charge is 2.09. The number of aromatic amines is 1. The van der Waals surface area contributed by atoms with Crippen LogP contribution in [-0.4, -0.2) is 59.6 Å². The van der Waals surface area contributed by atoms with Crippen molar-refractivity contribution in [2.75, 3.05) is 39.3 Å². The van der Waals surface area contributed by atoms with Crippen molar-refractivity contribution in [1.82, 2.24) is 25.1 Å². The summed E-state index contributed by atoms with van der Waals surface area (Å²) in [6, 6.07) is 0. The van der Waals surface area contributed by atoms with Crippen molar-refractivity contribution in [3.05, 3.63) is 31.5 Å². The number of aromatic nitrogens is 2. The second-order valence-electron chi connectivity index (χ2n) is 5.16. The van der Waals surface area contributed by atoms with E-state index in [1.165, 1.54) is 6.20 Å². The van der Waals surface area contributed by atoms with Crippen LogP contribution in [0.15, 0.2) is 20.3 Å². The van der Waals surface area contributed by atoms with E-state index in [-0.39, 0.29) is 29.3 Å². The van der Waals surface area contributed by atoms with Gasteiger partial charge in [-0.2, -0.15) is 0 Å². The minimum Gasteiger partial charge on any atom is -0.354 e. The van der Waals surface area contributed by atoms with Crippen LogP contribution in [0, 0.1) is 0 Å². The van der Waals surface area contributed by atoms with Gasteiger partial charge in [-0.25, -0.2) is 4.79 Å². The molecule has 0 saturated carbocycles. The van der Waals surface area contributed by atoms with E-state index < -0.39 is 11.2 Å². The Labute approximate surface area is 148 Å². The normalized spacial score (nSPS) is 15.0. The number of hydrogen-bond acceptors (Lipinski definition) is 5. The highest BCUT2D eigenvalue weighted by Crippen LogP contribution is 1.97. The summed E-state index contributed by atoms with van der Waals surface area (Å²) in [6.07, 6.45) is 2.19. The molecule has 1 saturated heterocycles. The molecule has 0 atom stereocenters. The van der Waals surface area contributed by atoms with E-state index in [9.17, 15) is 14.4 Å². The van der Waals surface area contributed by atoms with Gasteiger partial charge in [0.2, 0.25) is 5.91 Å². The fraction of sp³-hybridized carbons (Fsp3) is 0.615. The minimum absolute atomic E-state index is 0. The highest BCUT2D eigenvalue weighted by molar-refractivity contribution is 9.10. The molecule has 1 aliphatic heterocycles. The van der Waals surface area contributed by atoms with Gasteiger partial charge >= 0.3 is 5.69 Å². The molecule has 1 aromatic heterocycles. The molecule has 0 spiro atoms. The quantitative estimate of drug-likeness (QED) is 0.530. The van der Waals surface area contributed by atoms with E-state index in [4.69, 9.17) is 0 Å². The third-order valence-electron chi connectivity index (χ3n) is 3.46.